The van der Waals surface area contributed by atoms with Gasteiger partial charge in [0.1, 0.15) is 0 Å². The molecule has 0 spiro atoms. The lowest BCUT2D eigenvalue weighted by atomic mass is 10.1. The minimum absolute atomic E-state index is 0.221. The molecule has 1 aliphatic rings. The Morgan fingerprint density at radius 1 is 1.43 bits per heavy atom. The third-order valence-corrected chi connectivity index (χ3v) is 2.55. The van der Waals surface area contributed by atoms with E-state index in [1.807, 2.05) is 6.92 Å². The number of rotatable bonds is 6. The average molecular weight is 201 g/mol. The van der Waals surface area contributed by atoms with Gasteiger partial charge in [-0.25, -0.2) is 0 Å². The molecule has 1 rings (SSSR count). The highest BCUT2D eigenvalue weighted by molar-refractivity contribution is 4.71. The van der Waals surface area contributed by atoms with Crippen molar-refractivity contribution in [1.29, 1.82) is 0 Å². The Morgan fingerprint density at radius 3 is 2.93 bits per heavy atom. The summed E-state index contributed by atoms with van der Waals surface area (Å²) in [6.07, 6.45) is 4.12. The van der Waals surface area contributed by atoms with Crippen molar-refractivity contribution in [2.24, 2.45) is 0 Å². The SMILES string of the molecule is CCOCC(C)OCC1CCCCN1. The van der Waals surface area contributed by atoms with Crippen LogP contribution in [0, 0.1) is 0 Å². The van der Waals surface area contributed by atoms with Gasteiger partial charge in [-0.1, -0.05) is 6.42 Å². The Bertz CT molecular complexity index is 135. The molecule has 0 saturated carbocycles. The van der Waals surface area contributed by atoms with Crippen LogP contribution in [0.4, 0.5) is 0 Å². The average Bonchev–Trinajstić information content (AvgIpc) is 2.25. The van der Waals surface area contributed by atoms with Gasteiger partial charge < -0.3 is 14.8 Å². The van der Waals surface area contributed by atoms with Crippen molar-refractivity contribution >= 4 is 0 Å². The van der Waals surface area contributed by atoms with E-state index < -0.39 is 0 Å². The van der Waals surface area contributed by atoms with Crippen molar-refractivity contribution < 1.29 is 9.47 Å². The summed E-state index contributed by atoms with van der Waals surface area (Å²) in [6.45, 7) is 7.54. The smallest absolute Gasteiger partial charge is 0.0781 e. The highest BCUT2D eigenvalue weighted by Crippen LogP contribution is 2.07. The first kappa shape index (κ1) is 12.0. The fourth-order valence-corrected chi connectivity index (χ4v) is 1.68. The van der Waals surface area contributed by atoms with Crippen LogP contribution in [0.15, 0.2) is 0 Å². The molecule has 1 saturated heterocycles. The number of piperidine rings is 1. The van der Waals surface area contributed by atoms with E-state index in [2.05, 4.69) is 12.2 Å². The molecule has 1 aliphatic heterocycles. The van der Waals surface area contributed by atoms with Crippen LogP contribution in [-0.2, 0) is 9.47 Å². The molecule has 1 heterocycles. The molecule has 1 N–H and O–H groups in total. The van der Waals surface area contributed by atoms with E-state index in [1.165, 1.54) is 19.3 Å². The molecule has 0 aliphatic carbocycles. The molecule has 1 fully saturated rings. The quantitative estimate of drug-likeness (QED) is 0.707. The van der Waals surface area contributed by atoms with Gasteiger partial charge in [0.2, 0.25) is 0 Å². The van der Waals surface area contributed by atoms with Crippen LogP contribution in [0.2, 0.25) is 0 Å². The van der Waals surface area contributed by atoms with Gasteiger partial charge >= 0.3 is 0 Å². The molecule has 0 aromatic rings. The molecule has 3 heteroatoms. The van der Waals surface area contributed by atoms with E-state index in [9.17, 15) is 0 Å². The number of nitrogens with one attached hydrogen (secondary N) is 1. The largest absolute Gasteiger partial charge is 0.379 e. The van der Waals surface area contributed by atoms with Gasteiger partial charge in [0.15, 0.2) is 0 Å². The predicted molar refractivity (Wildman–Crippen MR) is 57.5 cm³/mol. The molecular weight excluding hydrogens is 178 g/mol. The van der Waals surface area contributed by atoms with E-state index >= 15 is 0 Å². The van der Waals surface area contributed by atoms with Crippen LogP contribution >= 0.6 is 0 Å². The molecule has 0 bridgehead atoms. The van der Waals surface area contributed by atoms with E-state index in [1.54, 1.807) is 0 Å². The van der Waals surface area contributed by atoms with Crippen molar-refractivity contribution in [3.63, 3.8) is 0 Å². The van der Waals surface area contributed by atoms with Gasteiger partial charge in [-0.15, -0.1) is 0 Å². The number of ether oxygens (including phenoxy) is 2. The monoisotopic (exact) mass is 201 g/mol. The maximum Gasteiger partial charge on any atom is 0.0781 e. The van der Waals surface area contributed by atoms with Crippen LogP contribution in [-0.4, -0.2) is 38.5 Å². The maximum absolute atomic E-state index is 5.70. The molecule has 0 aromatic carbocycles. The summed E-state index contributed by atoms with van der Waals surface area (Å²) >= 11 is 0. The Morgan fingerprint density at radius 2 is 2.29 bits per heavy atom. The first-order valence-corrected chi connectivity index (χ1v) is 5.75. The predicted octanol–water partition coefficient (Wildman–Crippen LogP) is 1.57. The molecule has 84 valence electrons. The molecular formula is C11H23NO2. The van der Waals surface area contributed by atoms with E-state index in [0.717, 1.165) is 19.8 Å². The lowest BCUT2D eigenvalue weighted by molar-refractivity contribution is -0.0136. The second kappa shape index (κ2) is 7.21. The molecule has 0 radical (unpaired) electrons. The Hall–Kier alpha value is -0.120. The van der Waals surface area contributed by atoms with Gasteiger partial charge in [0, 0.05) is 12.6 Å². The maximum atomic E-state index is 5.70. The number of hydrogen-bond acceptors (Lipinski definition) is 3. The van der Waals surface area contributed by atoms with Gasteiger partial charge in [0.25, 0.3) is 0 Å². The van der Waals surface area contributed by atoms with Crippen molar-refractivity contribution in [2.45, 2.75) is 45.3 Å². The zero-order valence-corrected chi connectivity index (χ0v) is 9.42. The van der Waals surface area contributed by atoms with E-state index in [-0.39, 0.29) is 6.10 Å². The number of hydrogen-bond donors (Lipinski definition) is 1. The summed E-state index contributed by atoms with van der Waals surface area (Å²) < 4.78 is 11.0. The lowest BCUT2D eigenvalue weighted by Crippen LogP contribution is -2.38. The molecule has 3 nitrogen and oxygen atoms in total. The summed E-state index contributed by atoms with van der Waals surface area (Å²) in [5, 5.41) is 3.46. The Labute approximate surface area is 87.2 Å². The third kappa shape index (κ3) is 4.94. The second-order valence-corrected chi connectivity index (χ2v) is 3.95. The van der Waals surface area contributed by atoms with Crippen molar-refractivity contribution in [2.75, 3.05) is 26.4 Å². The van der Waals surface area contributed by atoms with Crippen LogP contribution in [0.3, 0.4) is 0 Å². The minimum Gasteiger partial charge on any atom is -0.379 e. The molecule has 0 amide bonds. The Kier molecular flexibility index (Phi) is 6.15. The molecule has 0 aromatic heterocycles. The highest BCUT2D eigenvalue weighted by Gasteiger charge is 2.13. The summed E-state index contributed by atoms with van der Waals surface area (Å²) in [6, 6.07) is 0.563. The summed E-state index contributed by atoms with van der Waals surface area (Å²) in [5.74, 6) is 0. The minimum atomic E-state index is 0.221. The first-order valence-electron chi connectivity index (χ1n) is 5.75. The van der Waals surface area contributed by atoms with Gasteiger partial charge in [-0.3, -0.25) is 0 Å². The summed E-state index contributed by atoms with van der Waals surface area (Å²) in [5.41, 5.74) is 0. The molecule has 2 atom stereocenters. The fraction of sp³-hybridized carbons (Fsp3) is 1.00. The lowest BCUT2D eigenvalue weighted by Gasteiger charge is -2.24. The van der Waals surface area contributed by atoms with Crippen LogP contribution < -0.4 is 5.32 Å². The van der Waals surface area contributed by atoms with Crippen molar-refractivity contribution in [1.82, 2.24) is 5.32 Å². The second-order valence-electron chi connectivity index (χ2n) is 3.95. The van der Waals surface area contributed by atoms with Gasteiger partial charge in [-0.2, -0.15) is 0 Å². The zero-order valence-electron chi connectivity index (χ0n) is 9.42. The molecule has 2 unspecified atom stereocenters. The van der Waals surface area contributed by atoms with Crippen LogP contribution in [0.5, 0.6) is 0 Å². The van der Waals surface area contributed by atoms with Crippen LogP contribution in [0.25, 0.3) is 0 Å². The third-order valence-electron chi connectivity index (χ3n) is 2.55. The Balaban J connectivity index is 2.00. The van der Waals surface area contributed by atoms with Crippen molar-refractivity contribution in [3.05, 3.63) is 0 Å². The van der Waals surface area contributed by atoms with Crippen LogP contribution in [0.1, 0.15) is 33.1 Å². The van der Waals surface area contributed by atoms with Gasteiger partial charge in [-0.05, 0) is 33.2 Å². The van der Waals surface area contributed by atoms with E-state index in [0.29, 0.717) is 12.6 Å². The normalized spacial score (nSPS) is 24.9. The van der Waals surface area contributed by atoms with E-state index in [4.69, 9.17) is 9.47 Å². The summed E-state index contributed by atoms with van der Waals surface area (Å²) in [7, 11) is 0. The highest BCUT2D eigenvalue weighted by atomic mass is 16.5. The first-order chi connectivity index (χ1) is 6.83. The van der Waals surface area contributed by atoms with Crippen molar-refractivity contribution in [3.8, 4) is 0 Å². The topological polar surface area (TPSA) is 30.5 Å². The zero-order chi connectivity index (χ0) is 10.2. The van der Waals surface area contributed by atoms with Gasteiger partial charge in [0.05, 0.1) is 19.3 Å². The molecule has 14 heavy (non-hydrogen) atoms. The standard InChI is InChI=1S/C11H23NO2/c1-3-13-8-10(2)14-9-11-6-4-5-7-12-11/h10-12H,3-9H2,1-2H3. The summed E-state index contributed by atoms with van der Waals surface area (Å²) in [4.78, 5) is 0. The fourth-order valence-electron chi connectivity index (χ4n) is 1.68.